The molecule has 0 unspecified atom stereocenters. The Balaban J connectivity index is 1.81. The molecule has 5 rings (SSSR count). The van der Waals surface area contributed by atoms with E-state index < -0.39 is 11.9 Å². The molecule has 3 aliphatic rings. The number of Topliss-reactive ketones (excluding diaryl/α,β-unsaturated/α-hetero) is 1. The van der Waals surface area contributed by atoms with Crippen molar-refractivity contribution in [3.05, 3.63) is 69.3 Å². The van der Waals surface area contributed by atoms with Crippen LogP contribution in [-0.4, -0.2) is 52.3 Å². The van der Waals surface area contributed by atoms with E-state index in [1.165, 1.54) is 0 Å². The minimum Gasteiger partial charge on any atom is -0.496 e. The van der Waals surface area contributed by atoms with Crippen LogP contribution in [0.1, 0.15) is 92.9 Å². The highest BCUT2D eigenvalue weighted by atomic mass is 16.5. The molecule has 8 heteroatoms. The molecule has 1 aliphatic carbocycles. The van der Waals surface area contributed by atoms with Crippen molar-refractivity contribution in [2.45, 2.75) is 85.1 Å². The number of methoxy groups -OCH3 is 1. The number of allylic oxidation sites excluding steroid dienone is 2. The number of carbonyl (C=O) groups excluding carboxylic acids is 2. The Hall–Kier alpha value is -3.94. The lowest BCUT2D eigenvalue weighted by atomic mass is 9.67. The van der Waals surface area contributed by atoms with Gasteiger partial charge in [0.15, 0.2) is 11.5 Å². The Bertz CT molecular complexity index is 1580. The Morgan fingerprint density at radius 1 is 1.05 bits per heavy atom. The number of rotatable bonds is 6. The second-order valence-corrected chi connectivity index (χ2v) is 12.6. The van der Waals surface area contributed by atoms with Gasteiger partial charge in [0, 0.05) is 48.5 Å². The van der Waals surface area contributed by atoms with Gasteiger partial charge < -0.3 is 19.5 Å². The van der Waals surface area contributed by atoms with Crippen molar-refractivity contribution in [2.75, 3.05) is 14.2 Å². The fourth-order valence-corrected chi connectivity index (χ4v) is 7.06. The summed E-state index contributed by atoms with van der Waals surface area (Å²) in [6.45, 7) is 11.9. The Morgan fingerprint density at radius 2 is 1.71 bits per heavy atom. The van der Waals surface area contributed by atoms with Gasteiger partial charge in [-0.2, -0.15) is 0 Å². The number of carboxylic acids is 1. The summed E-state index contributed by atoms with van der Waals surface area (Å²) in [4.78, 5) is 46.5. The highest BCUT2D eigenvalue weighted by Crippen LogP contribution is 2.55. The lowest BCUT2D eigenvalue weighted by molar-refractivity contribution is -0.135. The van der Waals surface area contributed by atoms with Gasteiger partial charge >= 0.3 is 5.97 Å². The molecular weight excluding hydrogens is 532 g/mol. The molecule has 0 saturated carbocycles. The fourth-order valence-electron chi connectivity index (χ4n) is 7.06. The molecule has 1 amide bonds. The predicted molar refractivity (Wildman–Crippen MR) is 159 cm³/mol. The molecule has 0 bridgehead atoms. The van der Waals surface area contributed by atoms with Crippen molar-refractivity contribution in [1.29, 1.82) is 0 Å². The van der Waals surface area contributed by atoms with Gasteiger partial charge in [0.2, 0.25) is 0 Å². The molecule has 1 aromatic carbocycles. The third kappa shape index (κ3) is 4.52. The largest absolute Gasteiger partial charge is 0.496 e. The molecule has 2 aliphatic heterocycles. The van der Waals surface area contributed by atoms with Gasteiger partial charge in [-0.3, -0.25) is 9.59 Å². The van der Waals surface area contributed by atoms with Crippen molar-refractivity contribution in [1.82, 2.24) is 9.88 Å². The number of carboxylic acid groups (broad SMARTS) is 1. The maximum absolute atomic E-state index is 14.3. The number of nitrogens with zero attached hydrogens (tertiary/aromatic N) is 2. The zero-order chi connectivity index (χ0) is 30.7. The topological polar surface area (TPSA) is 106 Å². The lowest BCUT2D eigenvalue weighted by Gasteiger charge is -2.49. The number of ketones is 1. The number of aromatic carboxylic acids is 1. The van der Waals surface area contributed by atoms with E-state index in [0.717, 1.165) is 18.4 Å². The average Bonchev–Trinajstić information content (AvgIpc) is 2.93. The van der Waals surface area contributed by atoms with E-state index in [0.29, 0.717) is 70.1 Å². The van der Waals surface area contributed by atoms with Gasteiger partial charge in [-0.1, -0.05) is 33.8 Å². The molecule has 2 aromatic rings. The average molecular weight is 573 g/mol. The molecule has 3 heterocycles. The van der Waals surface area contributed by atoms with Crippen LogP contribution >= 0.6 is 0 Å². The lowest BCUT2D eigenvalue weighted by Crippen LogP contribution is -2.54. The molecule has 0 saturated heterocycles. The number of aryl methyl sites for hydroxylation is 1. The molecule has 42 heavy (non-hydrogen) atoms. The number of hydrogen-bond donors (Lipinski definition) is 1. The number of amides is 1. The standard InChI is InChI=1S/C34H40N2O6/c1-9-34(10-2)17-25-28(31(38)36(34)7)29(27-22(37)15-33(5,6)16-24(27)42-25)26-19(4)20(12-14-23(26)41-8)21-13-11-18(3)30(35-21)32(39)40/h11-14,29H,9-10,15-17H2,1-8H3,(H,39,40)/t29-/m1/s1. The molecule has 0 spiro atoms. The van der Waals surface area contributed by atoms with Crippen LogP contribution in [0.15, 0.2) is 46.9 Å². The van der Waals surface area contributed by atoms with Crippen LogP contribution in [0.25, 0.3) is 11.3 Å². The zero-order valence-corrected chi connectivity index (χ0v) is 25.8. The maximum atomic E-state index is 14.3. The SMILES string of the molecule is CCC1(CC)CC2=C(C(=O)N1C)[C@H](c1c(OC)ccc(-c3ccc(C)c(C(=O)O)n3)c1C)C1=C(CC(C)(C)CC1=O)O2. The first kappa shape index (κ1) is 29.5. The van der Waals surface area contributed by atoms with Crippen molar-refractivity contribution in [2.24, 2.45) is 5.41 Å². The first-order valence-corrected chi connectivity index (χ1v) is 14.6. The summed E-state index contributed by atoms with van der Waals surface area (Å²) in [6, 6.07) is 7.20. The van der Waals surface area contributed by atoms with Crippen molar-refractivity contribution < 1.29 is 29.0 Å². The van der Waals surface area contributed by atoms with Crippen molar-refractivity contribution >= 4 is 17.7 Å². The van der Waals surface area contributed by atoms with E-state index in [1.54, 1.807) is 26.2 Å². The zero-order valence-electron chi connectivity index (χ0n) is 25.8. The highest BCUT2D eigenvalue weighted by molar-refractivity contribution is 6.06. The Labute approximate surface area is 247 Å². The van der Waals surface area contributed by atoms with E-state index in [-0.39, 0.29) is 28.3 Å². The van der Waals surface area contributed by atoms with Gasteiger partial charge in [-0.25, -0.2) is 9.78 Å². The first-order chi connectivity index (χ1) is 19.8. The highest BCUT2D eigenvalue weighted by Gasteiger charge is 2.52. The summed E-state index contributed by atoms with van der Waals surface area (Å²) in [5.41, 5.74) is 3.54. The van der Waals surface area contributed by atoms with E-state index in [1.807, 2.05) is 31.0 Å². The minimum atomic E-state index is -1.10. The van der Waals surface area contributed by atoms with Gasteiger partial charge in [-0.15, -0.1) is 0 Å². The second kappa shape index (κ2) is 10.4. The van der Waals surface area contributed by atoms with Crippen molar-refractivity contribution in [3.8, 4) is 17.0 Å². The Morgan fingerprint density at radius 3 is 2.33 bits per heavy atom. The third-order valence-electron chi connectivity index (χ3n) is 9.61. The number of ether oxygens (including phenoxy) is 2. The predicted octanol–water partition coefficient (Wildman–Crippen LogP) is 6.50. The summed E-state index contributed by atoms with van der Waals surface area (Å²) in [7, 11) is 3.42. The van der Waals surface area contributed by atoms with E-state index >= 15 is 0 Å². The fraction of sp³-hybridized carbons (Fsp3) is 0.471. The summed E-state index contributed by atoms with van der Waals surface area (Å²) in [6.07, 6.45) is 3.03. The summed E-state index contributed by atoms with van der Waals surface area (Å²) < 4.78 is 12.5. The van der Waals surface area contributed by atoms with Crippen LogP contribution in [0.5, 0.6) is 5.75 Å². The number of hydrogen-bond acceptors (Lipinski definition) is 6. The monoisotopic (exact) mass is 572 g/mol. The van der Waals surface area contributed by atoms with Crippen LogP contribution in [0, 0.1) is 19.3 Å². The van der Waals surface area contributed by atoms with Crippen LogP contribution in [0.2, 0.25) is 0 Å². The summed E-state index contributed by atoms with van der Waals surface area (Å²) in [5, 5.41) is 9.73. The van der Waals surface area contributed by atoms with E-state index in [2.05, 4.69) is 32.7 Å². The Kier molecular flexibility index (Phi) is 7.32. The quantitative estimate of drug-likeness (QED) is 0.421. The van der Waals surface area contributed by atoms with Crippen LogP contribution in [-0.2, 0) is 14.3 Å². The maximum Gasteiger partial charge on any atom is 0.354 e. The number of pyridine rings is 1. The normalized spacial score (nSPS) is 21.1. The number of likely N-dealkylation sites (N-methyl/N-ethyl adjacent to an activating group) is 1. The smallest absolute Gasteiger partial charge is 0.354 e. The number of carbonyl (C=O) groups is 3. The van der Waals surface area contributed by atoms with E-state index in [9.17, 15) is 19.5 Å². The number of aromatic nitrogens is 1. The second-order valence-electron chi connectivity index (χ2n) is 12.6. The molecule has 1 atom stereocenters. The van der Waals surface area contributed by atoms with Crippen LogP contribution in [0.4, 0.5) is 0 Å². The number of benzene rings is 1. The van der Waals surface area contributed by atoms with Gasteiger partial charge in [0.1, 0.15) is 17.3 Å². The molecular formula is C34H40N2O6. The van der Waals surface area contributed by atoms with Crippen molar-refractivity contribution in [3.63, 3.8) is 0 Å². The minimum absolute atomic E-state index is 0.0189. The first-order valence-electron chi connectivity index (χ1n) is 14.6. The van der Waals surface area contributed by atoms with Crippen LogP contribution in [0.3, 0.4) is 0 Å². The third-order valence-corrected chi connectivity index (χ3v) is 9.61. The van der Waals surface area contributed by atoms with Gasteiger partial charge in [0.05, 0.1) is 24.3 Å². The van der Waals surface area contributed by atoms with E-state index in [4.69, 9.17) is 9.47 Å². The molecule has 0 radical (unpaired) electrons. The molecule has 222 valence electrons. The molecule has 0 fully saturated rings. The summed E-state index contributed by atoms with van der Waals surface area (Å²) >= 11 is 0. The molecule has 1 aromatic heterocycles. The van der Waals surface area contributed by atoms with Crippen LogP contribution < -0.4 is 4.74 Å². The molecule has 1 N–H and O–H groups in total. The summed E-state index contributed by atoms with van der Waals surface area (Å²) in [5.74, 6) is -0.170. The van der Waals surface area contributed by atoms with Gasteiger partial charge in [-0.05, 0) is 61.4 Å². The van der Waals surface area contributed by atoms with Gasteiger partial charge in [0.25, 0.3) is 5.91 Å². The molecule has 8 nitrogen and oxygen atoms in total.